The van der Waals surface area contributed by atoms with E-state index in [0.717, 1.165) is 5.69 Å². The van der Waals surface area contributed by atoms with Gasteiger partial charge in [0.15, 0.2) is 6.23 Å². The van der Waals surface area contributed by atoms with Crippen LogP contribution in [0.15, 0.2) is 78.9 Å². The zero-order valence-electron chi connectivity index (χ0n) is 14.9. The first-order valence-electron chi connectivity index (χ1n) is 8.50. The molecule has 0 aromatic heterocycles. The van der Waals surface area contributed by atoms with Gasteiger partial charge >= 0.3 is 6.03 Å². The highest BCUT2D eigenvalue weighted by Crippen LogP contribution is 2.26. The molecule has 0 aliphatic rings. The Hall–Kier alpha value is -3.67. The fourth-order valence-electron chi connectivity index (χ4n) is 2.58. The molecule has 0 spiro atoms. The van der Waals surface area contributed by atoms with Gasteiger partial charge in [-0.3, -0.25) is 4.90 Å². The molecule has 6 nitrogen and oxygen atoms in total. The van der Waals surface area contributed by atoms with Crippen LogP contribution in [-0.4, -0.2) is 17.4 Å². The molecular weight excluding hydrogens is 342 g/mol. The van der Waals surface area contributed by atoms with E-state index in [1.807, 2.05) is 30.3 Å². The number of carbonyl (C=O) groups excluding carboxylic acids is 1. The number of phenols is 1. The molecule has 4 N–H and O–H groups in total. The van der Waals surface area contributed by atoms with Crippen molar-refractivity contribution < 1.29 is 14.6 Å². The lowest BCUT2D eigenvalue weighted by Gasteiger charge is -2.26. The Morgan fingerprint density at radius 2 is 1.56 bits per heavy atom. The first kappa shape index (κ1) is 18.1. The van der Waals surface area contributed by atoms with E-state index >= 15 is 0 Å². The number of phenolic OH excluding ortho intramolecular Hbond substituents is 1. The van der Waals surface area contributed by atoms with Gasteiger partial charge in [-0.25, -0.2) is 4.79 Å². The molecule has 6 heteroatoms. The van der Waals surface area contributed by atoms with Crippen molar-refractivity contribution in [2.75, 3.05) is 10.6 Å². The quantitative estimate of drug-likeness (QED) is 0.467. The maximum Gasteiger partial charge on any atom is 0.329 e. The number of carbonyl (C=O) groups is 1. The Bertz CT molecular complexity index is 881. The Labute approximate surface area is 157 Å². The van der Waals surface area contributed by atoms with Crippen molar-refractivity contribution in [2.45, 2.75) is 13.2 Å². The van der Waals surface area contributed by atoms with Crippen LogP contribution in [0.2, 0.25) is 0 Å². The minimum Gasteiger partial charge on any atom is -0.508 e. The lowest BCUT2D eigenvalue weighted by molar-refractivity contribution is 0.181. The maximum atomic E-state index is 12.9. The number of ether oxygens (including phenoxy) is 1. The number of anilines is 3. The maximum absolute atomic E-state index is 12.9. The van der Waals surface area contributed by atoms with Gasteiger partial charge in [-0.15, -0.1) is 0 Å². The summed E-state index contributed by atoms with van der Waals surface area (Å²) in [6, 6.07) is 22.3. The summed E-state index contributed by atoms with van der Waals surface area (Å²) >= 11 is 0. The summed E-state index contributed by atoms with van der Waals surface area (Å²) in [4.78, 5) is 14.5. The van der Waals surface area contributed by atoms with Gasteiger partial charge in [-0.1, -0.05) is 18.2 Å². The number of benzene rings is 3. The van der Waals surface area contributed by atoms with Crippen LogP contribution in [-0.2, 0) is 0 Å². The normalized spacial score (nSPS) is 11.4. The standard InChI is InChI=1S/C21H21N3O3/c1-15(27-20-13-11-19(25)12-14-20)23-21(26)24(17-5-3-2-4-6-17)18-9-7-16(22)8-10-18/h2-15,25H,22H2,1H3,(H,23,26). The van der Waals surface area contributed by atoms with E-state index < -0.39 is 6.23 Å². The first-order chi connectivity index (χ1) is 13.0. The van der Waals surface area contributed by atoms with Crippen LogP contribution in [0, 0.1) is 0 Å². The Kier molecular flexibility index (Phi) is 5.47. The van der Waals surface area contributed by atoms with E-state index in [0.29, 0.717) is 17.1 Å². The summed E-state index contributed by atoms with van der Waals surface area (Å²) in [5.41, 5.74) is 7.79. The van der Waals surface area contributed by atoms with E-state index in [2.05, 4.69) is 5.32 Å². The summed E-state index contributed by atoms with van der Waals surface area (Å²) in [7, 11) is 0. The van der Waals surface area contributed by atoms with Crippen LogP contribution >= 0.6 is 0 Å². The van der Waals surface area contributed by atoms with Crippen molar-refractivity contribution in [3.8, 4) is 11.5 Å². The molecule has 3 rings (SSSR count). The summed E-state index contributed by atoms with van der Waals surface area (Å²) in [6.07, 6.45) is -0.581. The van der Waals surface area contributed by atoms with E-state index in [9.17, 15) is 9.90 Å². The van der Waals surface area contributed by atoms with Gasteiger partial charge in [0, 0.05) is 5.69 Å². The van der Waals surface area contributed by atoms with Gasteiger partial charge in [0.2, 0.25) is 0 Å². The van der Waals surface area contributed by atoms with Gasteiger partial charge < -0.3 is 20.9 Å². The van der Waals surface area contributed by atoms with Crippen molar-refractivity contribution in [3.63, 3.8) is 0 Å². The number of hydrogen-bond donors (Lipinski definition) is 3. The lowest BCUT2D eigenvalue weighted by atomic mass is 10.2. The molecule has 0 saturated carbocycles. The number of amides is 2. The van der Waals surface area contributed by atoms with Crippen molar-refractivity contribution in [2.24, 2.45) is 0 Å². The van der Waals surface area contributed by atoms with Crippen molar-refractivity contribution >= 4 is 23.1 Å². The fourth-order valence-corrected chi connectivity index (χ4v) is 2.58. The van der Waals surface area contributed by atoms with Crippen LogP contribution in [0.3, 0.4) is 0 Å². The number of aromatic hydroxyl groups is 1. The van der Waals surface area contributed by atoms with Gasteiger partial charge in [0.1, 0.15) is 11.5 Å². The summed E-state index contributed by atoms with van der Waals surface area (Å²) in [5.74, 6) is 0.692. The predicted octanol–water partition coefficient (Wildman–Crippen LogP) is 4.25. The monoisotopic (exact) mass is 363 g/mol. The molecule has 1 unspecified atom stereocenters. The SMILES string of the molecule is CC(NC(=O)N(c1ccccc1)c1ccc(N)cc1)Oc1ccc(O)cc1. The zero-order chi connectivity index (χ0) is 19.2. The highest BCUT2D eigenvalue weighted by atomic mass is 16.5. The second-order valence-corrected chi connectivity index (χ2v) is 5.97. The third kappa shape index (κ3) is 4.70. The average molecular weight is 363 g/mol. The van der Waals surface area contributed by atoms with E-state index in [-0.39, 0.29) is 11.8 Å². The molecule has 3 aromatic rings. The molecule has 0 heterocycles. The highest BCUT2D eigenvalue weighted by Gasteiger charge is 2.20. The van der Waals surface area contributed by atoms with Gasteiger partial charge in [-0.2, -0.15) is 0 Å². The van der Waals surface area contributed by atoms with Crippen molar-refractivity contribution in [3.05, 3.63) is 78.9 Å². The molecule has 2 amide bonds. The molecule has 0 aliphatic carbocycles. The summed E-state index contributed by atoms with van der Waals surface area (Å²) in [6.45, 7) is 1.73. The highest BCUT2D eigenvalue weighted by molar-refractivity contribution is 5.99. The van der Waals surface area contributed by atoms with Crippen molar-refractivity contribution in [1.29, 1.82) is 0 Å². The van der Waals surface area contributed by atoms with E-state index in [1.54, 1.807) is 48.2 Å². The Balaban J connectivity index is 1.78. The first-order valence-corrected chi connectivity index (χ1v) is 8.50. The molecular formula is C21H21N3O3. The van der Waals surface area contributed by atoms with Gasteiger partial charge in [-0.05, 0) is 67.6 Å². The van der Waals surface area contributed by atoms with E-state index in [1.165, 1.54) is 12.1 Å². The topological polar surface area (TPSA) is 87.8 Å². The molecule has 0 aliphatic heterocycles. The average Bonchev–Trinajstić information content (AvgIpc) is 2.66. The van der Waals surface area contributed by atoms with Crippen LogP contribution in [0.1, 0.15) is 6.92 Å². The number of hydrogen-bond acceptors (Lipinski definition) is 4. The number of nitrogens with one attached hydrogen (secondary N) is 1. The molecule has 27 heavy (non-hydrogen) atoms. The number of nitrogen functional groups attached to an aromatic ring is 1. The summed E-state index contributed by atoms with van der Waals surface area (Å²) < 4.78 is 5.69. The molecule has 138 valence electrons. The second-order valence-electron chi connectivity index (χ2n) is 5.97. The lowest BCUT2D eigenvalue weighted by Crippen LogP contribution is -2.44. The third-order valence-corrected chi connectivity index (χ3v) is 3.85. The molecule has 0 saturated heterocycles. The minimum absolute atomic E-state index is 0.151. The Morgan fingerprint density at radius 3 is 2.19 bits per heavy atom. The minimum atomic E-state index is -0.581. The smallest absolute Gasteiger partial charge is 0.329 e. The zero-order valence-corrected chi connectivity index (χ0v) is 14.9. The van der Waals surface area contributed by atoms with Crippen LogP contribution < -0.4 is 20.7 Å². The number of para-hydroxylation sites is 1. The largest absolute Gasteiger partial charge is 0.508 e. The fraction of sp³-hybridized carbons (Fsp3) is 0.0952. The predicted molar refractivity (Wildman–Crippen MR) is 106 cm³/mol. The number of rotatable bonds is 5. The van der Waals surface area contributed by atoms with Crippen LogP contribution in [0.25, 0.3) is 0 Å². The molecule has 0 fully saturated rings. The second kappa shape index (κ2) is 8.14. The van der Waals surface area contributed by atoms with E-state index in [4.69, 9.17) is 10.5 Å². The number of urea groups is 1. The number of nitrogens with zero attached hydrogens (tertiary/aromatic N) is 1. The third-order valence-electron chi connectivity index (χ3n) is 3.85. The molecule has 0 radical (unpaired) electrons. The Morgan fingerprint density at radius 1 is 0.963 bits per heavy atom. The van der Waals surface area contributed by atoms with Crippen molar-refractivity contribution in [1.82, 2.24) is 5.32 Å². The molecule has 3 aromatic carbocycles. The molecule has 0 bridgehead atoms. The van der Waals surface area contributed by atoms with Crippen LogP contribution in [0.4, 0.5) is 21.9 Å². The number of nitrogens with two attached hydrogens (primary N) is 1. The summed E-state index contributed by atoms with van der Waals surface area (Å²) in [5, 5.41) is 12.2. The van der Waals surface area contributed by atoms with Crippen LogP contribution in [0.5, 0.6) is 11.5 Å². The van der Waals surface area contributed by atoms with Gasteiger partial charge in [0.05, 0.1) is 11.4 Å². The molecule has 1 atom stereocenters. The van der Waals surface area contributed by atoms with Gasteiger partial charge in [0.25, 0.3) is 0 Å².